The van der Waals surface area contributed by atoms with Crippen LogP contribution in [0.15, 0.2) is 64.5 Å². The minimum atomic E-state index is -0.469. The summed E-state index contributed by atoms with van der Waals surface area (Å²) in [6, 6.07) is 16.4. The van der Waals surface area contributed by atoms with Crippen LogP contribution in [0.2, 0.25) is 0 Å². The Morgan fingerprint density at radius 3 is 2.57 bits per heavy atom. The van der Waals surface area contributed by atoms with E-state index < -0.39 is 5.91 Å². The maximum absolute atomic E-state index is 12.7. The van der Waals surface area contributed by atoms with Gasteiger partial charge in [-0.2, -0.15) is 4.68 Å². The summed E-state index contributed by atoms with van der Waals surface area (Å²) >= 11 is 1.12. The first-order chi connectivity index (χ1) is 11.1. The third-order valence-corrected chi connectivity index (χ3v) is 4.06. The van der Waals surface area contributed by atoms with Gasteiger partial charge in [-0.05, 0) is 24.3 Å². The predicted octanol–water partition coefficient (Wildman–Crippen LogP) is 1.85. The van der Waals surface area contributed by atoms with E-state index in [9.17, 15) is 9.59 Å². The maximum atomic E-state index is 12.7. The number of para-hydroxylation sites is 2. The van der Waals surface area contributed by atoms with Crippen molar-refractivity contribution in [1.82, 2.24) is 9.66 Å². The average Bonchev–Trinajstić information content (AvgIpc) is 2.57. The van der Waals surface area contributed by atoms with Crippen LogP contribution in [0, 0.1) is 0 Å². The number of primary amides is 1. The molecule has 0 saturated heterocycles. The molecule has 23 heavy (non-hydrogen) atoms. The molecule has 0 spiro atoms. The highest BCUT2D eigenvalue weighted by molar-refractivity contribution is 7.99. The van der Waals surface area contributed by atoms with Crippen molar-refractivity contribution in [3.8, 4) is 0 Å². The van der Waals surface area contributed by atoms with E-state index in [1.54, 1.807) is 18.2 Å². The van der Waals surface area contributed by atoms with Gasteiger partial charge in [0.05, 0.1) is 22.3 Å². The van der Waals surface area contributed by atoms with Crippen molar-refractivity contribution in [1.29, 1.82) is 0 Å². The fourth-order valence-electron chi connectivity index (χ4n) is 2.09. The number of benzene rings is 2. The lowest BCUT2D eigenvalue weighted by Crippen LogP contribution is -2.29. The molecule has 3 rings (SSSR count). The highest BCUT2D eigenvalue weighted by atomic mass is 32.2. The molecule has 2 aromatic carbocycles. The summed E-state index contributed by atoms with van der Waals surface area (Å²) in [7, 11) is 0. The van der Waals surface area contributed by atoms with Crippen LogP contribution in [0.25, 0.3) is 10.9 Å². The van der Waals surface area contributed by atoms with Crippen LogP contribution in [0.4, 0.5) is 5.69 Å². The number of carbonyl (C=O) groups excluding carboxylic acids is 1. The van der Waals surface area contributed by atoms with Crippen LogP contribution in [-0.4, -0.2) is 21.3 Å². The lowest BCUT2D eigenvalue weighted by atomic mass is 10.2. The molecular formula is C16H14N4O2S. The third kappa shape index (κ3) is 3.35. The van der Waals surface area contributed by atoms with Crippen molar-refractivity contribution < 1.29 is 4.79 Å². The van der Waals surface area contributed by atoms with Crippen molar-refractivity contribution in [2.45, 2.75) is 5.16 Å². The van der Waals surface area contributed by atoms with Gasteiger partial charge in [-0.15, -0.1) is 0 Å². The van der Waals surface area contributed by atoms with Gasteiger partial charge >= 0.3 is 0 Å². The fourth-order valence-corrected chi connectivity index (χ4v) is 2.78. The first-order valence-electron chi connectivity index (χ1n) is 6.90. The summed E-state index contributed by atoms with van der Waals surface area (Å²) in [4.78, 5) is 28.2. The molecule has 0 bridgehead atoms. The number of hydrogen-bond acceptors (Lipinski definition) is 5. The molecule has 0 saturated carbocycles. The Bertz CT molecular complexity index is 909. The Balaban J connectivity index is 2.11. The molecule has 0 atom stereocenters. The van der Waals surface area contributed by atoms with Gasteiger partial charge in [-0.25, -0.2) is 4.98 Å². The van der Waals surface area contributed by atoms with Gasteiger partial charge in [-0.3, -0.25) is 15.0 Å². The van der Waals surface area contributed by atoms with E-state index in [1.807, 2.05) is 36.4 Å². The number of carbonyl (C=O) groups is 1. The second-order valence-electron chi connectivity index (χ2n) is 4.78. The highest BCUT2D eigenvalue weighted by Gasteiger charge is 2.12. The molecular weight excluding hydrogens is 312 g/mol. The number of thioether (sulfide) groups is 1. The monoisotopic (exact) mass is 326 g/mol. The Labute approximate surface area is 136 Å². The molecule has 1 amide bonds. The number of anilines is 1. The summed E-state index contributed by atoms with van der Waals surface area (Å²) in [5.41, 5.74) is 9.32. The molecule has 3 aromatic rings. The van der Waals surface area contributed by atoms with Crippen LogP contribution < -0.4 is 16.7 Å². The van der Waals surface area contributed by atoms with E-state index in [0.29, 0.717) is 16.1 Å². The Kier molecular flexibility index (Phi) is 4.29. The lowest BCUT2D eigenvalue weighted by Gasteiger charge is -2.14. The molecule has 0 aliphatic rings. The number of fused-ring (bicyclic) bond motifs is 1. The van der Waals surface area contributed by atoms with E-state index in [4.69, 9.17) is 5.73 Å². The number of nitrogens with zero attached hydrogens (tertiary/aromatic N) is 2. The van der Waals surface area contributed by atoms with Crippen LogP contribution >= 0.6 is 11.8 Å². The molecule has 1 heterocycles. The van der Waals surface area contributed by atoms with Crippen LogP contribution in [0.3, 0.4) is 0 Å². The number of nitrogens with two attached hydrogens (primary N) is 1. The Morgan fingerprint density at radius 2 is 1.83 bits per heavy atom. The first-order valence-corrected chi connectivity index (χ1v) is 7.88. The molecule has 0 fully saturated rings. The normalized spacial score (nSPS) is 10.6. The molecule has 0 aliphatic heterocycles. The lowest BCUT2D eigenvalue weighted by molar-refractivity contribution is -0.115. The van der Waals surface area contributed by atoms with E-state index in [1.165, 1.54) is 4.68 Å². The predicted molar refractivity (Wildman–Crippen MR) is 91.4 cm³/mol. The van der Waals surface area contributed by atoms with Gasteiger partial charge in [0.2, 0.25) is 5.91 Å². The smallest absolute Gasteiger partial charge is 0.280 e. The molecule has 3 N–H and O–H groups in total. The summed E-state index contributed by atoms with van der Waals surface area (Å²) in [5.74, 6) is -0.426. The summed E-state index contributed by atoms with van der Waals surface area (Å²) in [6.07, 6.45) is 0. The molecule has 6 nitrogen and oxygen atoms in total. The van der Waals surface area contributed by atoms with Crippen molar-refractivity contribution in [2.24, 2.45) is 5.73 Å². The van der Waals surface area contributed by atoms with E-state index >= 15 is 0 Å². The molecule has 0 aliphatic carbocycles. The van der Waals surface area contributed by atoms with Gasteiger partial charge in [-0.1, -0.05) is 42.1 Å². The van der Waals surface area contributed by atoms with Crippen molar-refractivity contribution in [3.05, 3.63) is 65.0 Å². The summed E-state index contributed by atoms with van der Waals surface area (Å²) in [6.45, 7) is 0. The van der Waals surface area contributed by atoms with E-state index in [2.05, 4.69) is 10.4 Å². The number of aromatic nitrogens is 2. The van der Waals surface area contributed by atoms with E-state index in [-0.39, 0.29) is 11.3 Å². The van der Waals surface area contributed by atoms with Crippen LogP contribution in [0.5, 0.6) is 0 Å². The summed E-state index contributed by atoms with van der Waals surface area (Å²) < 4.78 is 1.34. The minimum Gasteiger partial charge on any atom is -0.369 e. The number of nitrogens with one attached hydrogen (secondary N) is 1. The van der Waals surface area contributed by atoms with Gasteiger partial charge < -0.3 is 5.73 Å². The summed E-state index contributed by atoms with van der Waals surface area (Å²) in [5, 5.41) is 0.885. The quantitative estimate of drug-likeness (QED) is 0.552. The second kappa shape index (κ2) is 6.53. The van der Waals surface area contributed by atoms with Gasteiger partial charge in [0, 0.05) is 0 Å². The molecule has 116 valence electrons. The minimum absolute atomic E-state index is 0.0429. The molecule has 0 radical (unpaired) electrons. The Morgan fingerprint density at radius 1 is 1.13 bits per heavy atom. The highest BCUT2D eigenvalue weighted by Crippen LogP contribution is 2.18. The Hall–Kier alpha value is -2.80. The second-order valence-corrected chi connectivity index (χ2v) is 5.73. The molecule has 0 unspecified atom stereocenters. The topological polar surface area (TPSA) is 90.0 Å². The fraction of sp³-hybridized carbons (Fsp3) is 0.0625. The van der Waals surface area contributed by atoms with Gasteiger partial charge in [0.25, 0.3) is 5.56 Å². The standard InChI is InChI=1S/C16H14N4O2S/c17-14(21)10-23-16-18-13-9-5-4-8-12(13)15(22)20(16)19-11-6-2-1-3-7-11/h1-9,19H,10H2,(H2,17,21). The SMILES string of the molecule is NC(=O)CSc1nc2ccccc2c(=O)n1Nc1ccccc1. The van der Waals surface area contributed by atoms with Crippen molar-refractivity contribution in [3.63, 3.8) is 0 Å². The zero-order valence-corrected chi connectivity index (χ0v) is 12.9. The number of hydrogen-bond donors (Lipinski definition) is 2. The van der Waals surface area contributed by atoms with Crippen molar-refractivity contribution >= 4 is 34.3 Å². The van der Waals surface area contributed by atoms with Gasteiger partial charge in [0.1, 0.15) is 0 Å². The zero-order valence-electron chi connectivity index (χ0n) is 12.1. The van der Waals surface area contributed by atoms with Crippen LogP contribution in [-0.2, 0) is 4.79 Å². The zero-order chi connectivity index (χ0) is 16.2. The number of amides is 1. The third-order valence-electron chi connectivity index (χ3n) is 3.10. The van der Waals surface area contributed by atoms with E-state index in [0.717, 1.165) is 17.4 Å². The van der Waals surface area contributed by atoms with Gasteiger partial charge in [0.15, 0.2) is 5.16 Å². The van der Waals surface area contributed by atoms with Crippen LogP contribution in [0.1, 0.15) is 0 Å². The first kappa shape index (κ1) is 15.1. The largest absolute Gasteiger partial charge is 0.369 e. The molecule has 1 aromatic heterocycles. The maximum Gasteiger partial charge on any atom is 0.280 e. The number of rotatable bonds is 5. The molecule has 7 heteroatoms. The van der Waals surface area contributed by atoms with Crippen molar-refractivity contribution in [2.75, 3.05) is 11.2 Å². The average molecular weight is 326 g/mol.